The highest BCUT2D eigenvalue weighted by atomic mass is 16.2. The smallest absolute Gasteiger partial charge is 0.243 e. The number of amides is 2. The summed E-state index contributed by atoms with van der Waals surface area (Å²) >= 11 is 0. The molecule has 2 aromatic rings. The lowest BCUT2D eigenvalue weighted by Crippen LogP contribution is -2.36. The summed E-state index contributed by atoms with van der Waals surface area (Å²) in [7, 11) is 0. The summed E-state index contributed by atoms with van der Waals surface area (Å²) in [6.45, 7) is -0.273. The molecule has 2 aromatic heterocycles. The molecule has 0 fully saturated rings. The van der Waals surface area contributed by atoms with Crippen molar-refractivity contribution in [1.82, 2.24) is 20.1 Å². The number of rotatable bonds is 5. The van der Waals surface area contributed by atoms with E-state index in [2.05, 4.69) is 20.7 Å². The summed E-state index contributed by atoms with van der Waals surface area (Å²) in [4.78, 5) is 26.6. The molecule has 0 aliphatic carbocycles. The number of carbonyl (C=O) groups is 2. The number of carbonyl (C=O) groups excluding carboxylic acids is 2. The molecule has 0 unspecified atom stereocenters. The second-order valence-electron chi connectivity index (χ2n) is 3.88. The Morgan fingerprint density at radius 2 is 2.15 bits per heavy atom. The molecule has 4 N–H and O–H groups in total. The number of pyridine rings is 1. The number of nitrogens with two attached hydrogens (primary N) is 1. The monoisotopic (exact) mass is 274 g/mol. The molecule has 8 heteroatoms. The number of hydrogen-bond donors (Lipinski definition) is 3. The first-order valence-corrected chi connectivity index (χ1v) is 5.91. The van der Waals surface area contributed by atoms with E-state index in [0.717, 1.165) is 0 Å². The SMILES string of the molecule is NCC(=O)NCC(=O)Nc1ccc(-n2cccn2)nc1. The lowest BCUT2D eigenvalue weighted by molar-refractivity contribution is -0.123. The second kappa shape index (κ2) is 6.43. The Bertz CT molecular complexity index is 579. The highest BCUT2D eigenvalue weighted by Crippen LogP contribution is 2.08. The molecule has 104 valence electrons. The fraction of sp³-hybridized carbons (Fsp3) is 0.167. The Hall–Kier alpha value is -2.74. The lowest BCUT2D eigenvalue weighted by atomic mass is 10.4. The third-order valence-electron chi connectivity index (χ3n) is 2.40. The number of nitrogens with zero attached hydrogens (tertiary/aromatic N) is 3. The average Bonchev–Trinajstić information content (AvgIpc) is 2.99. The summed E-state index contributed by atoms with van der Waals surface area (Å²) in [5, 5.41) is 9.03. The molecule has 0 spiro atoms. The minimum Gasteiger partial charge on any atom is -0.346 e. The van der Waals surface area contributed by atoms with Gasteiger partial charge in [0, 0.05) is 12.4 Å². The molecular formula is C12H14N6O2. The van der Waals surface area contributed by atoms with Crippen LogP contribution >= 0.6 is 0 Å². The first-order chi connectivity index (χ1) is 9.69. The molecule has 2 heterocycles. The van der Waals surface area contributed by atoms with Crippen LogP contribution in [0.4, 0.5) is 5.69 Å². The van der Waals surface area contributed by atoms with E-state index in [1.54, 1.807) is 35.3 Å². The van der Waals surface area contributed by atoms with Crippen molar-refractivity contribution in [2.75, 3.05) is 18.4 Å². The van der Waals surface area contributed by atoms with Gasteiger partial charge in [-0.3, -0.25) is 9.59 Å². The Morgan fingerprint density at radius 3 is 2.75 bits per heavy atom. The van der Waals surface area contributed by atoms with Crippen molar-refractivity contribution < 1.29 is 9.59 Å². The predicted octanol–water partition coefficient (Wildman–Crippen LogP) is -0.719. The fourth-order valence-electron chi connectivity index (χ4n) is 1.46. The van der Waals surface area contributed by atoms with Gasteiger partial charge in [0.25, 0.3) is 0 Å². The molecule has 0 bridgehead atoms. The minimum absolute atomic E-state index is 0.128. The molecule has 0 aromatic carbocycles. The second-order valence-corrected chi connectivity index (χ2v) is 3.88. The molecule has 20 heavy (non-hydrogen) atoms. The van der Waals surface area contributed by atoms with Crippen LogP contribution in [0.25, 0.3) is 5.82 Å². The van der Waals surface area contributed by atoms with E-state index in [1.807, 2.05) is 0 Å². The van der Waals surface area contributed by atoms with Gasteiger partial charge in [-0.1, -0.05) is 0 Å². The standard InChI is InChI=1S/C12H14N6O2/c13-6-11(19)15-8-12(20)17-9-2-3-10(14-7-9)18-5-1-4-16-18/h1-5,7H,6,8,13H2,(H,15,19)(H,17,20). The van der Waals surface area contributed by atoms with Crippen LogP contribution in [0.5, 0.6) is 0 Å². The maximum Gasteiger partial charge on any atom is 0.243 e. The van der Waals surface area contributed by atoms with Gasteiger partial charge in [0.2, 0.25) is 11.8 Å². The van der Waals surface area contributed by atoms with Gasteiger partial charge in [0.15, 0.2) is 5.82 Å². The van der Waals surface area contributed by atoms with E-state index in [0.29, 0.717) is 11.5 Å². The Morgan fingerprint density at radius 1 is 1.30 bits per heavy atom. The van der Waals surface area contributed by atoms with Crippen LogP contribution in [-0.2, 0) is 9.59 Å². The number of anilines is 1. The quantitative estimate of drug-likeness (QED) is 0.665. The van der Waals surface area contributed by atoms with Gasteiger partial charge < -0.3 is 16.4 Å². The van der Waals surface area contributed by atoms with E-state index in [-0.39, 0.29) is 24.9 Å². The topological polar surface area (TPSA) is 115 Å². The molecular weight excluding hydrogens is 260 g/mol. The largest absolute Gasteiger partial charge is 0.346 e. The van der Waals surface area contributed by atoms with Crippen LogP contribution in [0.1, 0.15) is 0 Å². The van der Waals surface area contributed by atoms with Crippen LogP contribution in [0.3, 0.4) is 0 Å². The zero-order valence-corrected chi connectivity index (χ0v) is 10.6. The van der Waals surface area contributed by atoms with E-state index in [1.165, 1.54) is 6.20 Å². The lowest BCUT2D eigenvalue weighted by Gasteiger charge is -2.06. The maximum atomic E-state index is 11.5. The van der Waals surface area contributed by atoms with Gasteiger partial charge in [0.05, 0.1) is 25.0 Å². The Labute approximate surface area is 115 Å². The van der Waals surface area contributed by atoms with E-state index in [4.69, 9.17) is 5.73 Å². The van der Waals surface area contributed by atoms with Crippen molar-refractivity contribution in [3.8, 4) is 5.82 Å². The first kappa shape index (κ1) is 13.7. The summed E-state index contributed by atoms with van der Waals surface area (Å²) in [6.07, 6.45) is 4.93. The fourth-order valence-corrected chi connectivity index (χ4v) is 1.46. The van der Waals surface area contributed by atoms with E-state index < -0.39 is 0 Å². The van der Waals surface area contributed by atoms with Crippen molar-refractivity contribution in [1.29, 1.82) is 0 Å². The van der Waals surface area contributed by atoms with Gasteiger partial charge in [-0.15, -0.1) is 0 Å². The molecule has 0 aliphatic rings. The minimum atomic E-state index is -0.382. The molecule has 0 saturated carbocycles. The maximum absolute atomic E-state index is 11.5. The Balaban J connectivity index is 1.90. The number of hydrogen-bond acceptors (Lipinski definition) is 5. The van der Waals surface area contributed by atoms with E-state index >= 15 is 0 Å². The zero-order valence-electron chi connectivity index (χ0n) is 10.6. The van der Waals surface area contributed by atoms with Crippen LogP contribution in [-0.4, -0.2) is 39.7 Å². The van der Waals surface area contributed by atoms with Gasteiger partial charge in [-0.2, -0.15) is 5.10 Å². The zero-order chi connectivity index (χ0) is 14.4. The molecule has 2 amide bonds. The summed E-state index contributed by atoms with van der Waals surface area (Å²) in [5.41, 5.74) is 5.65. The molecule has 0 radical (unpaired) electrons. The van der Waals surface area contributed by atoms with Crippen LogP contribution < -0.4 is 16.4 Å². The van der Waals surface area contributed by atoms with Crippen molar-refractivity contribution >= 4 is 17.5 Å². The summed E-state index contributed by atoms with van der Waals surface area (Å²) < 4.78 is 1.60. The van der Waals surface area contributed by atoms with Crippen molar-refractivity contribution in [3.05, 3.63) is 36.8 Å². The van der Waals surface area contributed by atoms with Gasteiger partial charge >= 0.3 is 0 Å². The Kier molecular flexibility index (Phi) is 4.40. The molecule has 0 saturated heterocycles. The van der Waals surface area contributed by atoms with E-state index in [9.17, 15) is 9.59 Å². The van der Waals surface area contributed by atoms with Crippen LogP contribution in [0.15, 0.2) is 36.8 Å². The highest BCUT2D eigenvalue weighted by Gasteiger charge is 2.05. The first-order valence-electron chi connectivity index (χ1n) is 5.91. The van der Waals surface area contributed by atoms with Crippen LogP contribution in [0.2, 0.25) is 0 Å². The van der Waals surface area contributed by atoms with Gasteiger partial charge in [0.1, 0.15) is 0 Å². The molecule has 2 rings (SSSR count). The predicted molar refractivity (Wildman–Crippen MR) is 72.1 cm³/mol. The van der Waals surface area contributed by atoms with Crippen molar-refractivity contribution in [3.63, 3.8) is 0 Å². The highest BCUT2D eigenvalue weighted by molar-refractivity contribution is 5.94. The molecule has 0 atom stereocenters. The van der Waals surface area contributed by atoms with Crippen LogP contribution in [0, 0.1) is 0 Å². The third kappa shape index (κ3) is 3.62. The van der Waals surface area contributed by atoms with Gasteiger partial charge in [-0.05, 0) is 18.2 Å². The normalized spacial score (nSPS) is 10.1. The van der Waals surface area contributed by atoms with Gasteiger partial charge in [-0.25, -0.2) is 9.67 Å². The summed E-state index contributed by atoms with van der Waals surface area (Å²) in [5.74, 6) is -0.0859. The number of nitrogens with one attached hydrogen (secondary N) is 2. The summed E-state index contributed by atoms with van der Waals surface area (Å²) in [6, 6.07) is 5.21. The third-order valence-corrected chi connectivity index (χ3v) is 2.40. The van der Waals surface area contributed by atoms with Crippen molar-refractivity contribution in [2.45, 2.75) is 0 Å². The number of aromatic nitrogens is 3. The molecule has 0 aliphatic heterocycles. The van der Waals surface area contributed by atoms with Crippen molar-refractivity contribution in [2.24, 2.45) is 5.73 Å². The molecule has 8 nitrogen and oxygen atoms in total. The average molecular weight is 274 g/mol.